The Morgan fingerprint density at radius 1 is 1.28 bits per heavy atom. The van der Waals surface area contributed by atoms with Crippen molar-refractivity contribution in [2.24, 2.45) is 0 Å². The van der Waals surface area contributed by atoms with Gasteiger partial charge in [0.1, 0.15) is 11.5 Å². The summed E-state index contributed by atoms with van der Waals surface area (Å²) in [6.45, 7) is 0. The molecule has 2 aromatic heterocycles. The number of nitrogens with zero attached hydrogens (tertiary/aromatic N) is 4. The van der Waals surface area contributed by atoms with Crippen LogP contribution in [0.4, 0.5) is 16.9 Å². The molecule has 4 N–H and O–H groups in total. The van der Waals surface area contributed by atoms with Crippen LogP contribution in [0.5, 0.6) is 0 Å². The van der Waals surface area contributed by atoms with Crippen molar-refractivity contribution in [3.05, 3.63) is 46.6 Å². The van der Waals surface area contributed by atoms with Crippen molar-refractivity contribution in [1.82, 2.24) is 15.0 Å². The molecule has 1 aromatic carbocycles. The zero-order chi connectivity index (χ0) is 17.8. The first-order valence-corrected chi connectivity index (χ1v) is 8.13. The van der Waals surface area contributed by atoms with Gasteiger partial charge >= 0.3 is 0 Å². The van der Waals surface area contributed by atoms with Crippen molar-refractivity contribution >= 4 is 45.7 Å². The number of benzene rings is 1. The van der Waals surface area contributed by atoms with E-state index in [-0.39, 0.29) is 17.5 Å². The van der Waals surface area contributed by atoms with Gasteiger partial charge in [0, 0.05) is 16.6 Å². The van der Waals surface area contributed by atoms with Crippen molar-refractivity contribution < 1.29 is 4.79 Å². The number of anilines is 3. The molecule has 10 heteroatoms. The zero-order valence-corrected chi connectivity index (χ0v) is 14.1. The highest BCUT2D eigenvalue weighted by molar-refractivity contribution is 7.13. The molecule has 0 aliphatic carbocycles. The number of carbonyl (C=O) groups is 1. The van der Waals surface area contributed by atoms with Crippen molar-refractivity contribution in [2.45, 2.75) is 0 Å². The van der Waals surface area contributed by atoms with Gasteiger partial charge in [-0.1, -0.05) is 23.7 Å². The van der Waals surface area contributed by atoms with Crippen molar-refractivity contribution in [1.29, 1.82) is 5.26 Å². The fourth-order valence-electron chi connectivity index (χ4n) is 2.09. The predicted octanol–water partition coefficient (Wildman–Crippen LogP) is 2.98. The summed E-state index contributed by atoms with van der Waals surface area (Å²) < 4.78 is 0. The number of nitrogens with two attached hydrogens (primary N) is 1. The van der Waals surface area contributed by atoms with Gasteiger partial charge in [0.25, 0.3) is 5.91 Å². The molecular formula is C15H10ClN7OS. The lowest BCUT2D eigenvalue weighted by Crippen LogP contribution is -2.18. The molecule has 0 unspecified atom stereocenters. The van der Waals surface area contributed by atoms with Crippen LogP contribution in [-0.2, 0) is 0 Å². The number of carbonyl (C=O) groups excluding carboxylic acids is 1. The Hall–Kier alpha value is -3.22. The first kappa shape index (κ1) is 16.6. The summed E-state index contributed by atoms with van der Waals surface area (Å²) in [6, 6.07) is 6.74. The topological polar surface area (TPSA) is 130 Å². The van der Waals surface area contributed by atoms with Gasteiger partial charge in [-0.25, -0.2) is 9.97 Å². The van der Waals surface area contributed by atoms with E-state index in [0.29, 0.717) is 21.3 Å². The fourth-order valence-corrected chi connectivity index (χ4v) is 2.74. The SMILES string of the molecule is N#CNc1nc(N)c(-c2ccc(Cl)cc2)c(C(=O)Nc2nccs2)n1. The summed E-state index contributed by atoms with van der Waals surface area (Å²) in [5, 5.41) is 16.4. The molecule has 2 heterocycles. The quantitative estimate of drug-likeness (QED) is 0.474. The summed E-state index contributed by atoms with van der Waals surface area (Å²) in [4.78, 5) is 24.8. The molecule has 0 atom stereocenters. The summed E-state index contributed by atoms with van der Waals surface area (Å²) in [6.07, 6.45) is 3.27. The van der Waals surface area contributed by atoms with Gasteiger partial charge in [-0.2, -0.15) is 10.2 Å². The lowest BCUT2D eigenvalue weighted by molar-refractivity contribution is 0.102. The van der Waals surface area contributed by atoms with Gasteiger partial charge in [-0.05, 0) is 17.7 Å². The van der Waals surface area contributed by atoms with E-state index >= 15 is 0 Å². The minimum absolute atomic E-state index is 0.0165. The number of rotatable bonds is 4. The minimum Gasteiger partial charge on any atom is -0.383 e. The molecule has 25 heavy (non-hydrogen) atoms. The predicted molar refractivity (Wildman–Crippen MR) is 96.2 cm³/mol. The van der Waals surface area contributed by atoms with Gasteiger partial charge in [-0.3, -0.25) is 15.4 Å². The number of nitriles is 1. The maximum Gasteiger partial charge on any atom is 0.276 e. The summed E-state index contributed by atoms with van der Waals surface area (Å²) in [5.74, 6) is -0.531. The molecule has 3 aromatic rings. The van der Waals surface area contributed by atoms with E-state index in [9.17, 15) is 4.79 Å². The van der Waals surface area contributed by atoms with E-state index in [1.54, 1.807) is 42.0 Å². The Morgan fingerprint density at radius 3 is 2.68 bits per heavy atom. The molecule has 124 valence electrons. The number of hydrogen-bond acceptors (Lipinski definition) is 8. The third-order valence-electron chi connectivity index (χ3n) is 3.11. The molecule has 0 spiro atoms. The van der Waals surface area contributed by atoms with E-state index in [0.717, 1.165) is 0 Å². The number of hydrogen-bond donors (Lipinski definition) is 3. The van der Waals surface area contributed by atoms with E-state index in [1.807, 2.05) is 0 Å². The molecule has 0 fully saturated rings. The third-order valence-corrected chi connectivity index (χ3v) is 4.05. The molecule has 1 amide bonds. The molecule has 0 aliphatic heterocycles. The van der Waals surface area contributed by atoms with Gasteiger partial charge in [-0.15, -0.1) is 11.3 Å². The standard InChI is InChI=1S/C15H10ClN7OS/c16-9-3-1-8(2-4-9)10-11(13(24)23-15-19-5-6-25-15)21-14(20-7-17)22-12(10)18/h1-6H,(H,19,23,24)(H3,18,20,21,22). The van der Waals surface area contributed by atoms with Crippen LogP contribution in [0.15, 0.2) is 35.8 Å². The second kappa shape index (κ2) is 7.12. The van der Waals surface area contributed by atoms with E-state index in [1.165, 1.54) is 11.3 Å². The van der Waals surface area contributed by atoms with Crippen LogP contribution in [0.2, 0.25) is 5.02 Å². The lowest BCUT2D eigenvalue weighted by Gasteiger charge is -2.12. The Balaban J connectivity index is 2.10. The van der Waals surface area contributed by atoms with Gasteiger partial charge < -0.3 is 5.73 Å². The van der Waals surface area contributed by atoms with Crippen LogP contribution >= 0.6 is 22.9 Å². The molecule has 0 bridgehead atoms. The summed E-state index contributed by atoms with van der Waals surface area (Å²) in [5.41, 5.74) is 6.99. The van der Waals surface area contributed by atoms with Gasteiger partial charge in [0.05, 0.1) is 5.56 Å². The van der Waals surface area contributed by atoms with Crippen LogP contribution in [0.3, 0.4) is 0 Å². The van der Waals surface area contributed by atoms with Crippen molar-refractivity contribution in [3.63, 3.8) is 0 Å². The highest BCUT2D eigenvalue weighted by atomic mass is 35.5. The Kier molecular flexibility index (Phi) is 4.74. The lowest BCUT2D eigenvalue weighted by atomic mass is 10.0. The molecule has 3 rings (SSSR count). The highest BCUT2D eigenvalue weighted by Crippen LogP contribution is 2.30. The first-order valence-electron chi connectivity index (χ1n) is 6.88. The molecule has 0 saturated heterocycles. The highest BCUT2D eigenvalue weighted by Gasteiger charge is 2.21. The zero-order valence-electron chi connectivity index (χ0n) is 12.5. The van der Waals surface area contributed by atoms with E-state index in [4.69, 9.17) is 22.6 Å². The second-order valence-corrected chi connectivity index (χ2v) is 6.02. The largest absolute Gasteiger partial charge is 0.383 e. The Bertz CT molecular complexity index is 951. The summed E-state index contributed by atoms with van der Waals surface area (Å²) in [7, 11) is 0. The Morgan fingerprint density at radius 2 is 2.04 bits per heavy atom. The molecule has 0 saturated carbocycles. The summed E-state index contributed by atoms with van der Waals surface area (Å²) >= 11 is 7.17. The number of aromatic nitrogens is 3. The third kappa shape index (κ3) is 3.65. The van der Waals surface area contributed by atoms with Crippen LogP contribution in [0, 0.1) is 11.5 Å². The van der Waals surface area contributed by atoms with E-state index in [2.05, 4.69) is 25.6 Å². The molecule has 0 radical (unpaired) electrons. The second-order valence-electron chi connectivity index (χ2n) is 4.69. The van der Waals surface area contributed by atoms with Crippen molar-refractivity contribution in [2.75, 3.05) is 16.4 Å². The number of nitrogen functional groups attached to an aromatic ring is 1. The van der Waals surface area contributed by atoms with Crippen LogP contribution in [0.25, 0.3) is 11.1 Å². The number of nitrogens with one attached hydrogen (secondary N) is 2. The Labute approximate surface area is 151 Å². The monoisotopic (exact) mass is 371 g/mol. The van der Waals surface area contributed by atoms with Crippen molar-refractivity contribution in [3.8, 4) is 17.3 Å². The van der Waals surface area contributed by atoms with Crippen LogP contribution < -0.4 is 16.4 Å². The van der Waals surface area contributed by atoms with Crippen LogP contribution in [0.1, 0.15) is 10.5 Å². The molecule has 8 nitrogen and oxygen atoms in total. The van der Waals surface area contributed by atoms with Gasteiger partial charge in [0.2, 0.25) is 5.95 Å². The average Bonchev–Trinajstić information content (AvgIpc) is 3.09. The van der Waals surface area contributed by atoms with E-state index < -0.39 is 5.91 Å². The fraction of sp³-hybridized carbons (Fsp3) is 0. The normalized spacial score (nSPS) is 10.1. The number of thiazole rings is 1. The minimum atomic E-state index is -0.519. The number of amides is 1. The number of halogens is 1. The average molecular weight is 372 g/mol. The van der Waals surface area contributed by atoms with Gasteiger partial charge in [0.15, 0.2) is 11.3 Å². The molecule has 0 aliphatic rings. The maximum absolute atomic E-state index is 12.7. The first-order chi connectivity index (χ1) is 12.1. The van der Waals surface area contributed by atoms with Crippen LogP contribution in [-0.4, -0.2) is 20.9 Å². The molecular weight excluding hydrogens is 362 g/mol. The smallest absolute Gasteiger partial charge is 0.276 e. The maximum atomic E-state index is 12.7.